The molecule has 1 amide bonds. The van der Waals surface area contributed by atoms with Gasteiger partial charge in [0.2, 0.25) is 5.91 Å². The number of pyridine rings is 1. The fourth-order valence-electron chi connectivity index (χ4n) is 2.82. The lowest BCUT2D eigenvalue weighted by Gasteiger charge is -2.14. The number of rotatable bonds is 7. The maximum Gasteiger partial charge on any atom is 0.358 e. The fourth-order valence-corrected chi connectivity index (χ4v) is 2.82. The maximum absolute atomic E-state index is 12.0. The number of carbonyl (C=O) groups is 2. The van der Waals surface area contributed by atoms with Gasteiger partial charge in [-0.15, -0.1) is 10.2 Å². The Morgan fingerprint density at radius 3 is 2.73 bits per heavy atom. The van der Waals surface area contributed by atoms with Crippen molar-refractivity contribution in [1.29, 1.82) is 0 Å². The minimum absolute atomic E-state index is 0.0345. The Kier molecular flexibility index (Phi) is 4.96. The van der Waals surface area contributed by atoms with Gasteiger partial charge in [-0.05, 0) is 18.9 Å². The van der Waals surface area contributed by atoms with Crippen LogP contribution in [0.1, 0.15) is 23.3 Å². The van der Waals surface area contributed by atoms with Crippen molar-refractivity contribution in [3.8, 4) is 17.0 Å². The molecule has 0 spiro atoms. The van der Waals surface area contributed by atoms with E-state index in [1.807, 2.05) is 0 Å². The van der Waals surface area contributed by atoms with Gasteiger partial charge in [0.15, 0.2) is 23.1 Å². The number of ether oxygens (including phenoxy) is 1. The molecule has 30 heavy (non-hydrogen) atoms. The van der Waals surface area contributed by atoms with Crippen LogP contribution in [-0.2, 0) is 11.8 Å². The normalized spacial score (nSPS) is 13.0. The molecule has 1 saturated carbocycles. The van der Waals surface area contributed by atoms with Crippen molar-refractivity contribution < 1.29 is 19.4 Å². The van der Waals surface area contributed by atoms with E-state index in [0.717, 1.165) is 12.8 Å². The molecule has 4 rings (SSSR count). The Balaban J connectivity index is 1.70. The molecule has 0 aliphatic heterocycles. The summed E-state index contributed by atoms with van der Waals surface area (Å²) in [5.41, 5.74) is 0.951. The number of anilines is 3. The van der Waals surface area contributed by atoms with Crippen LogP contribution >= 0.6 is 0 Å². The van der Waals surface area contributed by atoms with Crippen LogP contribution in [0.5, 0.6) is 5.75 Å². The second-order valence-corrected chi connectivity index (χ2v) is 6.65. The number of aromatic carboxylic acids is 1. The van der Waals surface area contributed by atoms with Gasteiger partial charge in [0.05, 0.1) is 24.6 Å². The standard InChI is InChI=1S/C18H18N8O4/c1-26-20-8-12(25-26)10-5-6-19-16(15(10)30-2)21-11-7-13(22-17(27)9-3-4-9)23-24-14(11)18(28)29/h5-9H,3-4H2,1-2H3,(H,28,29)(H2,19,21,22,23,27). The predicted octanol–water partition coefficient (Wildman–Crippen LogP) is 1.47. The molecule has 3 aromatic heterocycles. The highest BCUT2D eigenvalue weighted by molar-refractivity contribution is 5.96. The summed E-state index contributed by atoms with van der Waals surface area (Å²) in [6.07, 6.45) is 4.76. The van der Waals surface area contributed by atoms with Crippen molar-refractivity contribution in [1.82, 2.24) is 30.2 Å². The van der Waals surface area contributed by atoms with Crippen LogP contribution < -0.4 is 15.4 Å². The molecule has 12 nitrogen and oxygen atoms in total. The lowest BCUT2D eigenvalue weighted by atomic mass is 10.2. The Labute approximate surface area is 170 Å². The number of methoxy groups -OCH3 is 1. The number of hydrogen-bond acceptors (Lipinski definition) is 9. The number of hydrogen-bond donors (Lipinski definition) is 3. The van der Waals surface area contributed by atoms with Crippen molar-refractivity contribution in [2.24, 2.45) is 13.0 Å². The zero-order valence-electron chi connectivity index (χ0n) is 16.2. The van der Waals surface area contributed by atoms with Gasteiger partial charge in [0, 0.05) is 25.2 Å². The van der Waals surface area contributed by atoms with E-state index in [2.05, 4.69) is 36.0 Å². The molecule has 3 aromatic rings. The number of aryl methyl sites for hydroxylation is 1. The van der Waals surface area contributed by atoms with E-state index in [0.29, 0.717) is 17.0 Å². The van der Waals surface area contributed by atoms with Crippen LogP contribution in [0.15, 0.2) is 24.5 Å². The van der Waals surface area contributed by atoms with E-state index in [-0.39, 0.29) is 34.8 Å². The molecular weight excluding hydrogens is 392 g/mol. The van der Waals surface area contributed by atoms with Crippen LogP contribution in [0.3, 0.4) is 0 Å². The Morgan fingerprint density at radius 2 is 2.10 bits per heavy atom. The van der Waals surface area contributed by atoms with Gasteiger partial charge >= 0.3 is 5.97 Å². The molecule has 0 aromatic carbocycles. The zero-order chi connectivity index (χ0) is 21.3. The second-order valence-electron chi connectivity index (χ2n) is 6.65. The fraction of sp³-hybridized carbons (Fsp3) is 0.278. The van der Waals surface area contributed by atoms with Gasteiger partial charge in [0.25, 0.3) is 0 Å². The van der Waals surface area contributed by atoms with Crippen LogP contribution in [0, 0.1) is 5.92 Å². The summed E-state index contributed by atoms with van der Waals surface area (Å²) < 4.78 is 5.49. The summed E-state index contributed by atoms with van der Waals surface area (Å²) in [7, 11) is 3.15. The Hall–Kier alpha value is -4.09. The third-order valence-electron chi connectivity index (χ3n) is 4.43. The molecule has 1 aliphatic carbocycles. The molecule has 3 heterocycles. The monoisotopic (exact) mass is 410 g/mol. The first kappa shape index (κ1) is 19.2. The van der Waals surface area contributed by atoms with Gasteiger partial charge in [-0.1, -0.05) is 0 Å². The average molecular weight is 410 g/mol. The molecule has 0 atom stereocenters. The van der Waals surface area contributed by atoms with Crippen LogP contribution in [-0.4, -0.2) is 54.3 Å². The van der Waals surface area contributed by atoms with Crippen molar-refractivity contribution in [3.63, 3.8) is 0 Å². The molecule has 1 aliphatic rings. The molecule has 3 N–H and O–H groups in total. The average Bonchev–Trinajstić information content (AvgIpc) is 3.49. The molecule has 0 radical (unpaired) electrons. The molecule has 12 heteroatoms. The molecular formula is C18H18N8O4. The maximum atomic E-state index is 12.0. The summed E-state index contributed by atoms with van der Waals surface area (Å²) in [6.45, 7) is 0. The second kappa shape index (κ2) is 7.73. The highest BCUT2D eigenvalue weighted by Gasteiger charge is 2.30. The summed E-state index contributed by atoms with van der Waals surface area (Å²) >= 11 is 0. The smallest absolute Gasteiger partial charge is 0.358 e. The van der Waals surface area contributed by atoms with Gasteiger partial charge in [0.1, 0.15) is 5.69 Å². The minimum Gasteiger partial charge on any atom is -0.492 e. The highest BCUT2D eigenvalue weighted by atomic mass is 16.5. The van der Waals surface area contributed by atoms with Crippen molar-refractivity contribution in [3.05, 3.63) is 30.2 Å². The summed E-state index contributed by atoms with van der Waals surface area (Å²) in [5.74, 6) is -0.755. The number of carboxylic acids is 1. The minimum atomic E-state index is -1.28. The van der Waals surface area contributed by atoms with Crippen molar-refractivity contribution in [2.75, 3.05) is 17.7 Å². The van der Waals surface area contributed by atoms with Crippen molar-refractivity contribution >= 4 is 29.2 Å². The van der Waals surface area contributed by atoms with Gasteiger partial charge in [-0.25, -0.2) is 9.78 Å². The Bertz CT molecular complexity index is 1130. The number of carbonyl (C=O) groups excluding carboxylic acids is 1. The van der Waals surface area contributed by atoms with E-state index in [1.165, 1.54) is 24.2 Å². The Morgan fingerprint density at radius 1 is 1.30 bits per heavy atom. The number of amides is 1. The largest absolute Gasteiger partial charge is 0.492 e. The van der Waals surface area contributed by atoms with Crippen LogP contribution in [0.2, 0.25) is 0 Å². The van der Waals surface area contributed by atoms with Gasteiger partial charge in [-0.3, -0.25) is 4.79 Å². The first-order valence-corrected chi connectivity index (χ1v) is 9.05. The summed E-state index contributed by atoms with van der Waals surface area (Å²) in [5, 5.41) is 30.9. The molecule has 1 fully saturated rings. The first-order chi connectivity index (χ1) is 14.5. The number of nitrogens with zero attached hydrogens (tertiary/aromatic N) is 6. The van der Waals surface area contributed by atoms with Crippen molar-refractivity contribution in [2.45, 2.75) is 12.8 Å². The number of aromatic nitrogens is 6. The number of carboxylic acid groups (broad SMARTS) is 1. The quantitative estimate of drug-likeness (QED) is 0.521. The summed E-state index contributed by atoms with van der Waals surface area (Å²) in [4.78, 5) is 29.3. The SMILES string of the molecule is COc1c(-c2cnn(C)n2)ccnc1Nc1cc(NC(=O)C2CC2)nnc1C(=O)O. The lowest BCUT2D eigenvalue weighted by molar-refractivity contribution is -0.117. The lowest BCUT2D eigenvalue weighted by Crippen LogP contribution is -2.16. The predicted molar refractivity (Wildman–Crippen MR) is 104 cm³/mol. The van der Waals surface area contributed by atoms with E-state index in [9.17, 15) is 14.7 Å². The van der Waals surface area contributed by atoms with E-state index in [1.54, 1.807) is 19.3 Å². The third kappa shape index (κ3) is 3.87. The first-order valence-electron chi connectivity index (χ1n) is 9.05. The van der Waals surface area contributed by atoms with E-state index < -0.39 is 5.97 Å². The summed E-state index contributed by atoms with van der Waals surface area (Å²) in [6, 6.07) is 3.10. The topological polar surface area (TPSA) is 157 Å². The van der Waals surface area contributed by atoms with Gasteiger partial charge < -0.3 is 20.5 Å². The molecule has 154 valence electrons. The van der Waals surface area contributed by atoms with Crippen LogP contribution in [0.25, 0.3) is 11.3 Å². The van der Waals surface area contributed by atoms with Gasteiger partial charge in [-0.2, -0.15) is 15.0 Å². The van der Waals surface area contributed by atoms with E-state index >= 15 is 0 Å². The zero-order valence-corrected chi connectivity index (χ0v) is 16.2. The molecule has 0 bridgehead atoms. The van der Waals surface area contributed by atoms with Crippen LogP contribution in [0.4, 0.5) is 17.3 Å². The number of nitrogens with one attached hydrogen (secondary N) is 2. The highest BCUT2D eigenvalue weighted by Crippen LogP contribution is 2.36. The molecule has 0 unspecified atom stereocenters. The third-order valence-corrected chi connectivity index (χ3v) is 4.43. The van der Waals surface area contributed by atoms with E-state index in [4.69, 9.17) is 4.74 Å². The molecule has 0 saturated heterocycles.